The summed E-state index contributed by atoms with van der Waals surface area (Å²) in [6, 6.07) is 5.83. The molecule has 22 heavy (non-hydrogen) atoms. The molecule has 1 aliphatic heterocycles. The Labute approximate surface area is 135 Å². The molecule has 6 heteroatoms. The first kappa shape index (κ1) is 15.2. The second-order valence-electron chi connectivity index (χ2n) is 5.55. The van der Waals surface area contributed by atoms with Crippen molar-refractivity contribution in [1.29, 1.82) is 0 Å². The summed E-state index contributed by atoms with van der Waals surface area (Å²) in [6.45, 7) is 0.685. The van der Waals surface area contributed by atoms with Crippen molar-refractivity contribution in [3.05, 3.63) is 29.2 Å². The number of nitrogens with one attached hydrogen (secondary N) is 2. The summed E-state index contributed by atoms with van der Waals surface area (Å²) in [5.74, 6) is 1.53. The number of aromatic amines is 1. The van der Waals surface area contributed by atoms with Crippen molar-refractivity contribution in [2.24, 2.45) is 5.73 Å². The Morgan fingerprint density at radius 2 is 2.23 bits per heavy atom. The van der Waals surface area contributed by atoms with Gasteiger partial charge in [-0.1, -0.05) is 18.0 Å². The van der Waals surface area contributed by atoms with Crippen LogP contribution in [0.1, 0.15) is 37.5 Å². The molecule has 2 bridgehead atoms. The van der Waals surface area contributed by atoms with Crippen molar-refractivity contribution in [1.82, 2.24) is 9.97 Å². The molecule has 0 fully saturated rings. The number of H-pyrrole nitrogens is 1. The number of ether oxygens (including phenoxy) is 1. The average molecular weight is 321 g/mol. The van der Waals surface area contributed by atoms with Gasteiger partial charge in [0, 0.05) is 24.4 Å². The topological polar surface area (TPSA) is 76.0 Å². The Hall–Kier alpha value is -1.72. The highest BCUT2D eigenvalue weighted by Gasteiger charge is 2.19. The van der Waals surface area contributed by atoms with Gasteiger partial charge in [-0.25, -0.2) is 4.98 Å². The van der Waals surface area contributed by atoms with Gasteiger partial charge in [0.05, 0.1) is 12.6 Å². The fourth-order valence-electron chi connectivity index (χ4n) is 2.68. The molecule has 1 aliphatic rings. The fourth-order valence-corrected chi connectivity index (χ4v) is 2.92. The summed E-state index contributed by atoms with van der Waals surface area (Å²) in [5, 5.41) is 3.63. The molecule has 3 rings (SSSR count). The monoisotopic (exact) mass is 320 g/mol. The van der Waals surface area contributed by atoms with Crippen LogP contribution >= 0.6 is 11.6 Å². The maximum absolute atomic E-state index is 6.34. The molecule has 0 saturated carbocycles. The van der Waals surface area contributed by atoms with Gasteiger partial charge >= 0.3 is 0 Å². The molecule has 1 aromatic carbocycles. The van der Waals surface area contributed by atoms with Gasteiger partial charge in [-0.05, 0) is 31.4 Å². The lowest BCUT2D eigenvalue weighted by Gasteiger charge is -2.14. The molecular formula is C16H21ClN4O. The third-order valence-corrected chi connectivity index (χ3v) is 4.25. The van der Waals surface area contributed by atoms with Gasteiger partial charge in [-0.15, -0.1) is 0 Å². The Morgan fingerprint density at radius 1 is 1.36 bits per heavy atom. The number of aromatic nitrogens is 2. The molecule has 0 radical (unpaired) electrons. The Kier molecular flexibility index (Phi) is 4.55. The van der Waals surface area contributed by atoms with Gasteiger partial charge in [0.25, 0.3) is 0 Å². The van der Waals surface area contributed by atoms with Crippen LogP contribution in [0.3, 0.4) is 0 Å². The van der Waals surface area contributed by atoms with E-state index < -0.39 is 0 Å². The molecule has 1 atom stereocenters. The molecule has 2 heterocycles. The molecule has 2 aromatic rings. The maximum Gasteiger partial charge on any atom is 0.134 e. The normalized spacial score (nSPS) is 18.6. The number of rotatable bonds is 1. The minimum atomic E-state index is -0.105. The molecule has 0 amide bonds. The number of anilines is 1. The highest BCUT2D eigenvalue weighted by atomic mass is 35.5. The Balaban J connectivity index is 2.07. The third-order valence-electron chi connectivity index (χ3n) is 3.97. The molecule has 0 spiro atoms. The summed E-state index contributed by atoms with van der Waals surface area (Å²) in [6.07, 6.45) is 4.06. The first-order chi connectivity index (χ1) is 10.7. The maximum atomic E-state index is 6.34. The predicted molar refractivity (Wildman–Crippen MR) is 89.5 cm³/mol. The lowest BCUT2D eigenvalue weighted by atomic mass is 10.1. The minimum absolute atomic E-state index is 0.105. The molecular weight excluding hydrogens is 300 g/mol. The predicted octanol–water partition coefficient (Wildman–Crippen LogP) is 3.72. The van der Waals surface area contributed by atoms with E-state index in [0.717, 1.165) is 48.5 Å². The zero-order valence-electron chi connectivity index (χ0n) is 12.7. The van der Waals surface area contributed by atoms with E-state index in [-0.39, 0.29) is 6.04 Å². The molecule has 5 nitrogen and oxygen atoms in total. The summed E-state index contributed by atoms with van der Waals surface area (Å²) in [5.41, 5.74) is 8.79. The standard InChI is InChI=1S/C16H21ClN4O/c1-19-10-6-7-11-13(9-10)22-8-4-2-3-5-12(18)16-20-14(11)15(17)21-16/h6-7,9,12,19H,2-5,8,18H2,1H3,(H,20,21). The van der Waals surface area contributed by atoms with Gasteiger partial charge in [0.15, 0.2) is 0 Å². The molecule has 0 saturated heterocycles. The van der Waals surface area contributed by atoms with Crippen molar-refractivity contribution in [2.75, 3.05) is 19.0 Å². The van der Waals surface area contributed by atoms with E-state index in [1.807, 2.05) is 25.2 Å². The molecule has 1 unspecified atom stereocenters. The number of imidazole rings is 1. The average Bonchev–Trinajstić information content (AvgIpc) is 2.91. The SMILES string of the molecule is CNc1ccc2c(c1)OCCCCCC(N)c1nc-2c(Cl)[nH]1. The van der Waals surface area contributed by atoms with E-state index in [1.165, 1.54) is 0 Å². The number of nitrogens with zero attached hydrogens (tertiary/aromatic N) is 1. The number of hydrogen-bond donors (Lipinski definition) is 3. The Morgan fingerprint density at radius 3 is 3.05 bits per heavy atom. The van der Waals surface area contributed by atoms with Crippen LogP contribution in [0, 0.1) is 0 Å². The van der Waals surface area contributed by atoms with Crippen molar-refractivity contribution in [3.8, 4) is 17.0 Å². The second kappa shape index (κ2) is 6.58. The number of fused-ring (bicyclic) bond motifs is 4. The summed E-state index contributed by atoms with van der Waals surface area (Å²) in [7, 11) is 1.88. The number of hydrogen-bond acceptors (Lipinski definition) is 4. The summed E-state index contributed by atoms with van der Waals surface area (Å²) in [4.78, 5) is 7.72. The quantitative estimate of drug-likeness (QED) is 0.748. The van der Waals surface area contributed by atoms with Crippen LogP contribution < -0.4 is 15.8 Å². The number of halogens is 1. The fraction of sp³-hybridized carbons (Fsp3) is 0.438. The van der Waals surface area contributed by atoms with Crippen molar-refractivity contribution in [2.45, 2.75) is 31.7 Å². The van der Waals surface area contributed by atoms with Crippen molar-refractivity contribution >= 4 is 17.3 Å². The summed E-state index contributed by atoms with van der Waals surface area (Å²) < 4.78 is 5.97. The van der Waals surface area contributed by atoms with E-state index in [9.17, 15) is 0 Å². The van der Waals surface area contributed by atoms with Crippen LogP contribution in [-0.4, -0.2) is 23.6 Å². The van der Waals surface area contributed by atoms with E-state index in [1.54, 1.807) is 0 Å². The van der Waals surface area contributed by atoms with Gasteiger partial charge in [0.1, 0.15) is 22.4 Å². The smallest absolute Gasteiger partial charge is 0.134 e. The van der Waals surface area contributed by atoms with Gasteiger partial charge < -0.3 is 20.8 Å². The second-order valence-corrected chi connectivity index (χ2v) is 5.93. The largest absolute Gasteiger partial charge is 0.493 e. The zero-order chi connectivity index (χ0) is 15.5. The van der Waals surface area contributed by atoms with Gasteiger partial charge in [0.2, 0.25) is 0 Å². The highest BCUT2D eigenvalue weighted by Crippen LogP contribution is 2.36. The van der Waals surface area contributed by atoms with E-state index in [2.05, 4.69) is 15.3 Å². The van der Waals surface area contributed by atoms with Gasteiger partial charge in [-0.2, -0.15) is 0 Å². The van der Waals surface area contributed by atoms with E-state index in [0.29, 0.717) is 17.5 Å². The zero-order valence-corrected chi connectivity index (χ0v) is 13.4. The molecule has 1 aromatic heterocycles. The van der Waals surface area contributed by atoms with Crippen molar-refractivity contribution in [3.63, 3.8) is 0 Å². The van der Waals surface area contributed by atoms with Crippen LogP contribution in [0.4, 0.5) is 5.69 Å². The molecule has 4 N–H and O–H groups in total. The van der Waals surface area contributed by atoms with Crippen LogP contribution in [0.25, 0.3) is 11.3 Å². The number of nitrogens with two attached hydrogens (primary N) is 1. The van der Waals surface area contributed by atoms with E-state index in [4.69, 9.17) is 22.1 Å². The Bertz CT molecular complexity index is 656. The van der Waals surface area contributed by atoms with Crippen LogP contribution in [0.5, 0.6) is 5.75 Å². The summed E-state index contributed by atoms with van der Waals surface area (Å²) >= 11 is 6.34. The molecule has 118 valence electrons. The van der Waals surface area contributed by atoms with Crippen LogP contribution in [0.2, 0.25) is 5.15 Å². The van der Waals surface area contributed by atoms with E-state index >= 15 is 0 Å². The van der Waals surface area contributed by atoms with Gasteiger partial charge in [-0.3, -0.25) is 0 Å². The van der Waals surface area contributed by atoms with Crippen molar-refractivity contribution < 1.29 is 4.74 Å². The molecule has 0 aliphatic carbocycles. The lowest BCUT2D eigenvalue weighted by Crippen LogP contribution is -2.12. The lowest BCUT2D eigenvalue weighted by molar-refractivity contribution is 0.304. The van der Waals surface area contributed by atoms with Crippen LogP contribution in [-0.2, 0) is 0 Å². The first-order valence-corrected chi connectivity index (χ1v) is 8.03. The minimum Gasteiger partial charge on any atom is -0.493 e. The highest BCUT2D eigenvalue weighted by molar-refractivity contribution is 6.32. The van der Waals surface area contributed by atoms with Crippen LogP contribution in [0.15, 0.2) is 18.2 Å². The number of benzene rings is 1. The first-order valence-electron chi connectivity index (χ1n) is 7.65. The third kappa shape index (κ3) is 3.05.